The molecule has 0 aromatic heterocycles. The zero-order valence-corrected chi connectivity index (χ0v) is 11.5. The van der Waals surface area contributed by atoms with Gasteiger partial charge in [0.05, 0.1) is 6.61 Å². The van der Waals surface area contributed by atoms with Crippen molar-refractivity contribution in [1.82, 2.24) is 5.48 Å². The highest BCUT2D eigenvalue weighted by Gasteiger charge is 2.07. The van der Waals surface area contributed by atoms with Gasteiger partial charge in [-0.3, -0.25) is 14.4 Å². The fraction of sp³-hybridized carbons (Fsp3) is 0.125. The molecule has 5 nitrogen and oxygen atoms in total. The number of ether oxygens (including phenoxy) is 1. The number of hydrogen-bond donors (Lipinski definition) is 1. The van der Waals surface area contributed by atoms with Gasteiger partial charge in [-0.2, -0.15) is 0 Å². The van der Waals surface area contributed by atoms with Crippen LogP contribution in [0.2, 0.25) is 0 Å². The van der Waals surface area contributed by atoms with E-state index in [2.05, 4.69) is 5.48 Å². The van der Waals surface area contributed by atoms with Crippen LogP contribution in [0.3, 0.4) is 0 Å². The second-order valence-corrected chi connectivity index (χ2v) is 4.33. The van der Waals surface area contributed by atoms with Gasteiger partial charge < -0.3 is 4.74 Å². The topological polar surface area (TPSA) is 64.6 Å². The van der Waals surface area contributed by atoms with Crippen LogP contribution in [0.5, 0.6) is 5.75 Å². The van der Waals surface area contributed by atoms with Gasteiger partial charge in [0.2, 0.25) is 0 Å². The highest BCUT2D eigenvalue weighted by molar-refractivity contribution is 5.93. The first kappa shape index (κ1) is 14.7. The van der Waals surface area contributed by atoms with E-state index in [1.165, 1.54) is 13.0 Å². The van der Waals surface area contributed by atoms with E-state index >= 15 is 0 Å². The molecule has 108 valence electrons. The molecule has 0 aliphatic heterocycles. The Morgan fingerprint density at radius 1 is 1.05 bits per heavy atom. The van der Waals surface area contributed by atoms with Crippen LogP contribution in [-0.4, -0.2) is 11.9 Å². The lowest BCUT2D eigenvalue weighted by Crippen LogP contribution is -2.23. The maximum absolute atomic E-state index is 11.9. The van der Waals surface area contributed by atoms with Crippen molar-refractivity contribution >= 4 is 11.9 Å². The van der Waals surface area contributed by atoms with Crippen molar-refractivity contribution in [2.75, 3.05) is 0 Å². The molecule has 0 aliphatic carbocycles. The fourth-order valence-electron chi connectivity index (χ4n) is 1.68. The van der Waals surface area contributed by atoms with E-state index in [-0.39, 0.29) is 6.61 Å². The van der Waals surface area contributed by atoms with Gasteiger partial charge in [-0.05, 0) is 23.8 Å². The predicted molar refractivity (Wildman–Crippen MR) is 76.4 cm³/mol. The van der Waals surface area contributed by atoms with Crippen LogP contribution in [0, 0.1) is 0 Å². The van der Waals surface area contributed by atoms with Crippen LogP contribution in [0.25, 0.3) is 0 Å². The van der Waals surface area contributed by atoms with Gasteiger partial charge >= 0.3 is 5.97 Å². The smallest absolute Gasteiger partial charge is 0.308 e. The van der Waals surface area contributed by atoms with Crippen LogP contribution in [0.15, 0.2) is 54.6 Å². The summed E-state index contributed by atoms with van der Waals surface area (Å²) in [7, 11) is 0. The van der Waals surface area contributed by atoms with Gasteiger partial charge in [0.1, 0.15) is 5.75 Å². The van der Waals surface area contributed by atoms with Gasteiger partial charge in [-0.25, -0.2) is 5.48 Å². The molecule has 0 saturated heterocycles. The molecule has 2 rings (SSSR count). The number of rotatable bonds is 5. The highest BCUT2D eigenvalue weighted by Crippen LogP contribution is 2.13. The Balaban J connectivity index is 1.89. The summed E-state index contributed by atoms with van der Waals surface area (Å²) >= 11 is 0. The van der Waals surface area contributed by atoms with Gasteiger partial charge in [-0.15, -0.1) is 0 Å². The Labute approximate surface area is 122 Å². The molecule has 5 heteroatoms. The van der Waals surface area contributed by atoms with Crippen molar-refractivity contribution < 1.29 is 19.2 Å². The molecule has 0 heterocycles. The number of esters is 1. The number of hydroxylamine groups is 1. The number of nitrogens with one attached hydrogen (secondary N) is 1. The summed E-state index contributed by atoms with van der Waals surface area (Å²) in [4.78, 5) is 27.9. The Hall–Kier alpha value is -2.66. The van der Waals surface area contributed by atoms with Crippen molar-refractivity contribution in [2.24, 2.45) is 0 Å². The third kappa shape index (κ3) is 4.74. The van der Waals surface area contributed by atoms with E-state index in [0.717, 1.165) is 5.56 Å². The van der Waals surface area contributed by atoms with Gasteiger partial charge in [0, 0.05) is 12.5 Å². The molecule has 0 spiro atoms. The van der Waals surface area contributed by atoms with Crippen molar-refractivity contribution in [3.63, 3.8) is 0 Å². The number of carbonyl (C=O) groups is 2. The first-order valence-corrected chi connectivity index (χ1v) is 6.39. The molecule has 0 fully saturated rings. The number of amides is 1. The van der Waals surface area contributed by atoms with Crippen molar-refractivity contribution in [3.8, 4) is 5.75 Å². The lowest BCUT2D eigenvalue weighted by Gasteiger charge is -2.07. The second-order valence-electron chi connectivity index (χ2n) is 4.33. The number of hydrogen-bond acceptors (Lipinski definition) is 4. The second kappa shape index (κ2) is 7.21. The molecule has 0 bridgehead atoms. The van der Waals surface area contributed by atoms with Crippen LogP contribution in [0.1, 0.15) is 22.8 Å². The minimum atomic E-state index is -0.437. The summed E-state index contributed by atoms with van der Waals surface area (Å²) in [6, 6.07) is 15.8. The molecule has 2 aromatic carbocycles. The summed E-state index contributed by atoms with van der Waals surface area (Å²) < 4.78 is 4.92. The molecule has 1 N–H and O–H groups in total. The van der Waals surface area contributed by atoms with Crippen LogP contribution in [0.4, 0.5) is 0 Å². The van der Waals surface area contributed by atoms with E-state index in [0.29, 0.717) is 11.3 Å². The maximum Gasteiger partial charge on any atom is 0.308 e. The van der Waals surface area contributed by atoms with Crippen molar-refractivity contribution in [1.29, 1.82) is 0 Å². The van der Waals surface area contributed by atoms with E-state index in [9.17, 15) is 9.59 Å². The average molecular weight is 285 g/mol. The lowest BCUT2D eigenvalue weighted by atomic mass is 10.2. The number of benzene rings is 2. The molecular weight excluding hydrogens is 270 g/mol. The molecular formula is C16H15NO4. The Kier molecular flexibility index (Phi) is 5.06. The summed E-state index contributed by atoms with van der Waals surface area (Å²) in [6.45, 7) is 1.58. The Bertz CT molecular complexity index is 625. The molecule has 0 saturated carbocycles. The van der Waals surface area contributed by atoms with E-state index < -0.39 is 11.9 Å². The third-order valence-electron chi connectivity index (χ3n) is 2.60. The fourth-order valence-corrected chi connectivity index (χ4v) is 1.68. The van der Waals surface area contributed by atoms with E-state index in [4.69, 9.17) is 9.57 Å². The molecule has 1 amide bonds. The molecule has 0 atom stereocenters. The minimum absolute atomic E-state index is 0.274. The van der Waals surface area contributed by atoms with Crippen LogP contribution in [-0.2, 0) is 16.2 Å². The largest absolute Gasteiger partial charge is 0.427 e. The molecule has 2 aromatic rings. The zero-order chi connectivity index (χ0) is 15.1. The summed E-state index contributed by atoms with van der Waals surface area (Å²) in [6.07, 6.45) is 0. The average Bonchev–Trinajstić information content (AvgIpc) is 2.48. The summed E-state index contributed by atoms with van der Waals surface area (Å²) in [5.74, 6) is -0.522. The normalized spacial score (nSPS) is 9.95. The van der Waals surface area contributed by atoms with Crippen molar-refractivity contribution in [3.05, 3.63) is 65.7 Å². The van der Waals surface area contributed by atoms with Gasteiger partial charge in [0.15, 0.2) is 0 Å². The molecule has 0 unspecified atom stereocenters. The summed E-state index contributed by atoms with van der Waals surface area (Å²) in [5, 5.41) is 0. The first-order chi connectivity index (χ1) is 10.1. The highest BCUT2D eigenvalue weighted by atomic mass is 16.6. The predicted octanol–water partition coefficient (Wildman–Crippen LogP) is 2.47. The maximum atomic E-state index is 11.9. The minimum Gasteiger partial charge on any atom is -0.427 e. The quantitative estimate of drug-likeness (QED) is 0.521. The monoisotopic (exact) mass is 285 g/mol. The lowest BCUT2D eigenvalue weighted by molar-refractivity contribution is -0.131. The Morgan fingerprint density at radius 2 is 1.81 bits per heavy atom. The zero-order valence-electron chi connectivity index (χ0n) is 11.5. The van der Waals surface area contributed by atoms with Crippen LogP contribution < -0.4 is 10.2 Å². The SMILES string of the molecule is CC(=O)Oc1cccc(C(=O)NOCc2ccccc2)c1. The first-order valence-electron chi connectivity index (χ1n) is 6.39. The third-order valence-corrected chi connectivity index (χ3v) is 2.60. The van der Waals surface area contributed by atoms with Gasteiger partial charge in [-0.1, -0.05) is 36.4 Å². The van der Waals surface area contributed by atoms with Crippen LogP contribution >= 0.6 is 0 Å². The molecule has 0 radical (unpaired) electrons. The standard InChI is InChI=1S/C16H15NO4/c1-12(18)21-15-9-5-8-14(10-15)16(19)17-20-11-13-6-3-2-4-7-13/h2-10H,11H2,1H3,(H,17,19). The van der Waals surface area contributed by atoms with Crippen molar-refractivity contribution in [2.45, 2.75) is 13.5 Å². The van der Waals surface area contributed by atoms with Gasteiger partial charge in [0.25, 0.3) is 5.91 Å². The molecule has 0 aliphatic rings. The number of carbonyl (C=O) groups excluding carboxylic acids is 2. The van der Waals surface area contributed by atoms with E-state index in [1.54, 1.807) is 18.2 Å². The van der Waals surface area contributed by atoms with E-state index in [1.807, 2.05) is 30.3 Å². The summed E-state index contributed by atoms with van der Waals surface area (Å²) in [5.41, 5.74) is 3.65. The Morgan fingerprint density at radius 3 is 2.52 bits per heavy atom. The molecule has 21 heavy (non-hydrogen) atoms.